The van der Waals surface area contributed by atoms with E-state index in [9.17, 15) is 5.11 Å². The van der Waals surface area contributed by atoms with Crippen molar-refractivity contribution >= 4 is 0 Å². The first-order chi connectivity index (χ1) is 6.74. The van der Waals surface area contributed by atoms with Gasteiger partial charge >= 0.3 is 0 Å². The van der Waals surface area contributed by atoms with Crippen molar-refractivity contribution < 1.29 is 9.84 Å². The van der Waals surface area contributed by atoms with Crippen molar-refractivity contribution in [1.29, 1.82) is 0 Å². The summed E-state index contributed by atoms with van der Waals surface area (Å²) < 4.78 is 5.47. The van der Waals surface area contributed by atoms with Gasteiger partial charge in [-0.3, -0.25) is 0 Å². The minimum Gasteiger partial charge on any atom is -0.396 e. The van der Waals surface area contributed by atoms with E-state index in [0.29, 0.717) is 13.2 Å². The van der Waals surface area contributed by atoms with Crippen LogP contribution in [0, 0.1) is 5.41 Å². The standard InChI is InChI=1S/C11H25NO2/c1-3-5-7-14-8-6-11(4-2,9-12)10-13/h13H,3-10,12H2,1-2H3. The summed E-state index contributed by atoms with van der Waals surface area (Å²) in [6.45, 7) is 6.45. The summed E-state index contributed by atoms with van der Waals surface area (Å²) in [4.78, 5) is 0. The molecule has 0 amide bonds. The van der Waals surface area contributed by atoms with Crippen LogP contribution in [0.3, 0.4) is 0 Å². The average Bonchev–Trinajstić information content (AvgIpc) is 2.24. The fourth-order valence-corrected chi connectivity index (χ4v) is 1.32. The lowest BCUT2D eigenvalue weighted by atomic mass is 9.83. The van der Waals surface area contributed by atoms with E-state index in [0.717, 1.165) is 32.3 Å². The zero-order valence-corrected chi connectivity index (χ0v) is 9.59. The van der Waals surface area contributed by atoms with Crippen LogP contribution in [0.4, 0.5) is 0 Å². The number of hydrogen-bond donors (Lipinski definition) is 2. The van der Waals surface area contributed by atoms with E-state index in [2.05, 4.69) is 13.8 Å². The first-order valence-corrected chi connectivity index (χ1v) is 5.63. The number of unbranched alkanes of at least 4 members (excludes halogenated alkanes) is 1. The minimum atomic E-state index is -0.119. The van der Waals surface area contributed by atoms with Gasteiger partial charge in [0.25, 0.3) is 0 Å². The van der Waals surface area contributed by atoms with Gasteiger partial charge < -0.3 is 15.6 Å². The molecule has 0 spiro atoms. The molecule has 0 aromatic heterocycles. The molecule has 0 aromatic rings. The van der Waals surface area contributed by atoms with Crippen LogP contribution in [0.1, 0.15) is 39.5 Å². The molecule has 3 heteroatoms. The highest BCUT2D eigenvalue weighted by atomic mass is 16.5. The lowest BCUT2D eigenvalue weighted by Crippen LogP contribution is -2.34. The van der Waals surface area contributed by atoms with Crippen LogP contribution in [0.2, 0.25) is 0 Å². The van der Waals surface area contributed by atoms with Gasteiger partial charge in [0.15, 0.2) is 0 Å². The fraction of sp³-hybridized carbons (Fsp3) is 1.00. The molecule has 0 bridgehead atoms. The molecule has 0 radical (unpaired) electrons. The molecule has 0 saturated heterocycles. The Morgan fingerprint density at radius 1 is 1.29 bits per heavy atom. The Hall–Kier alpha value is -0.120. The first kappa shape index (κ1) is 13.9. The maximum absolute atomic E-state index is 9.24. The van der Waals surface area contributed by atoms with E-state index in [4.69, 9.17) is 10.5 Å². The summed E-state index contributed by atoms with van der Waals surface area (Å²) in [6, 6.07) is 0. The number of nitrogens with two attached hydrogens (primary N) is 1. The zero-order chi connectivity index (χ0) is 10.9. The van der Waals surface area contributed by atoms with Gasteiger partial charge in [-0.15, -0.1) is 0 Å². The highest BCUT2D eigenvalue weighted by Gasteiger charge is 2.24. The third-order valence-electron chi connectivity index (χ3n) is 2.94. The molecular formula is C11H25NO2. The maximum atomic E-state index is 9.24. The predicted octanol–water partition coefficient (Wildman–Crippen LogP) is 1.54. The van der Waals surface area contributed by atoms with Crippen LogP contribution in [-0.2, 0) is 4.74 Å². The summed E-state index contributed by atoms with van der Waals surface area (Å²) in [5.74, 6) is 0. The lowest BCUT2D eigenvalue weighted by molar-refractivity contribution is 0.0577. The van der Waals surface area contributed by atoms with Crippen LogP contribution in [0.15, 0.2) is 0 Å². The number of hydrogen-bond acceptors (Lipinski definition) is 3. The van der Waals surface area contributed by atoms with Gasteiger partial charge in [0.1, 0.15) is 0 Å². The van der Waals surface area contributed by atoms with Gasteiger partial charge in [0.05, 0.1) is 0 Å². The molecule has 0 fully saturated rings. The van der Waals surface area contributed by atoms with Crippen LogP contribution >= 0.6 is 0 Å². The second-order valence-corrected chi connectivity index (χ2v) is 3.93. The second kappa shape index (κ2) is 8.21. The molecule has 0 aromatic carbocycles. The third-order valence-corrected chi connectivity index (χ3v) is 2.94. The topological polar surface area (TPSA) is 55.5 Å². The Labute approximate surface area is 87.6 Å². The number of aliphatic hydroxyl groups is 1. The van der Waals surface area contributed by atoms with E-state index >= 15 is 0 Å². The summed E-state index contributed by atoms with van der Waals surface area (Å²) in [6.07, 6.45) is 4.05. The van der Waals surface area contributed by atoms with Gasteiger partial charge in [-0.1, -0.05) is 20.3 Å². The number of aliphatic hydroxyl groups excluding tert-OH is 1. The van der Waals surface area contributed by atoms with Crippen molar-refractivity contribution in [1.82, 2.24) is 0 Å². The predicted molar refractivity (Wildman–Crippen MR) is 59.2 cm³/mol. The molecular weight excluding hydrogens is 178 g/mol. The smallest absolute Gasteiger partial charge is 0.0500 e. The molecule has 14 heavy (non-hydrogen) atoms. The fourth-order valence-electron chi connectivity index (χ4n) is 1.32. The summed E-state index contributed by atoms with van der Waals surface area (Å²) >= 11 is 0. The quantitative estimate of drug-likeness (QED) is 0.559. The Kier molecular flexibility index (Phi) is 8.14. The van der Waals surface area contributed by atoms with Gasteiger partial charge in [-0.2, -0.15) is 0 Å². The Morgan fingerprint density at radius 3 is 2.43 bits per heavy atom. The monoisotopic (exact) mass is 203 g/mol. The maximum Gasteiger partial charge on any atom is 0.0500 e. The summed E-state index contributed by atoms with van der Waals surface area (Å²) in [7, 11) is 0. The number of ether oxygens (including phenoxy) is 1. The Morgan fingerprint density at radius 2 is 2.00 bits per heavy atom. The Bertz CT molecular complexity index is 116. The molecule has 0 aliphatic heterocycles. The average molecular weight is 203 g/mol. The summed E-state index contributed by atoms with van der Waals surface area (Å²) in [5.41, 5.74) is 5.54. The molecule has 0 saturated carbocycles. The van der Waals surface area contributed by atoms with Crippen molar-refractivity contribution in [3.8, 4) is 0 Å². The molecule has 0 aliphatic carbocycles. The van der Waals surface area contributed by atoms with E-state index in [1.807, 2.05) is 0 Å². The van der Waals surface area contributed by atoms with Gasteiger partial charge in [0, 0.05) is 31.8 Å². The zero-order valence-electron chi connectivity index (χ0n) is 9.59. The lowest BCUT2D eigenvalue weighted by Gasteiger charge is -2.28. The molecule has 0 rings (SSSR count). The van der Waals surface area contributed by atoms with Crippen molar-refractivity contribution in [3.05, 3.63) is 0 Å². The van der Waals surface area contributed by atoms with E-state index in [1.54, 1.807) is 0 Å². The largest absolute Gasteiger partial charge is 0.396 e. The Balaban J connectivity index is 3.61. The van der Waals surface area contributed by atoms with Crippen LogP contribution < -0.4 is 5.73 Å². The molecule has 0 aliphatic rings. The second-order valence-electron chi connectivity index (χ2n) is 3.93. The highest BCUT2D eigenvalue weighted by molar-refractivity contribution is 4.77. The van der Waals surface area contributed by atoms with Crippen LogP contribution in [-0.4, -0.2) is 31.5 Å². The molecule has 1 atom stereocenters. The van der Waals surface area contributed by atoms with Crippen molar-refractivity contribution in [2.45, 2.75) is 39.5 Å². The van der Waals surface area contributed by atoms with Crippen LogP contribution in [0.25, 0.3) is 0 Å². The van der Waals surface area contributed by atoms with E-state index < -0.39 is 0 Å². The summed E-state index contributed by atoms with van der Waals surface area (Å²) in [5, 5.41) is 9.24. The van der Waals surface area contributed by atoms with Crippen molar-refractivity contribution in [3.63, 3.8) is 0 Å². The highest BCUT2D eigenvalue weighted by Crippen LogP contribution is 2.24. The molecule has 0 heterocycles. The van der Waals surface area contributed by atoms with Crippen molar-refractivity contribution in [2.75, 3.05) is 26.4 Å². The van der Waals surface area contributed by atoms with Gasteiger partial charge in [0.2, 0.25) is 0 Å². The third kappa shape index (κ3) is 4.94. The first-order valence-electron chi connectivity index (χ1n) is 5.63. The van der Waals surface area contributed by atoms with Gasteiger partial charge in [-0.05, 0) is 19.3 Å². The minimum absolute atomic E-state index is 0.119. The van der Waals surface area contributed by atoms with Gasteiger partial charge in [-0.25, -0.2) is 0 Å². The molecule has 3 nitrogen and oxygen atoms in total. The van der Waals surface area contributed by atoms with Crippen LogP contribution in [0.5, 0.6) is 0 Å². The number of rotatable bonds is 9. The normalized spacial score (nSPS) is 15.4. The molecule has 86 valence electrons. The molecule has 3 N–H and O–H groups in total. The van der Waals surface area contributed by atoms with Crippen molar-refractivity contribution in [2.24, 2.45) is 11.1 Å². The van der Waals surface area contributed by atoms with E-state index in [1.165, 1.54) is 0 Å². The van der Waals surface area contributed by atoms with E-state index in [-0.39, 0.29) is 12.0 Å². The molecule has 1 unspecified atom stereocenters. The SMILES string of the molecule is CCCCOCCC(CC)(CN)CO.